The fourth-order valence-electron chi connectivity index (χ4n) is 2.08. The van der Waals surface area contributed by atoms with Gasteiger partial charge in [-0.3, -0.25) is 24.1 Å². The number of rotatable bonds is 15. The van der Waals surface area contributed by atoms with Crippen LogP contribution >= 0.6 is 0 Å². The van der Waals surface area contributed by atoms with Crippen LogP contribution in [0.1, 0.15) is 12.8 Å². The van der Waals surface area contributed by atoms with Crippen molar-refractivity contribution in [3.63, 3.8) is 0 Å². The van der Waals surface area contributed by atoms with Gasteiger partial charge in [-0.25, -0.2) is 0 Å². The first kappa shape index (κ1) is 23.8. The number of carbonyl (C=O) groups excluding carboxylic acids is 3. The van der Waals surface area contributed by atoms with Gasteiger partial charge < -0.3 is 30.9 Å². The molecule has 3 amide bonds. The summed E-state index contributed by atoms with van der Waals surface area (Å²) in [7, 11) is 2.96. The summed E-state index contributed by atoms with van der Waals surface area (Å²) in [5.74, 6) is -2.83. The smallest absolute Gasteiger partial charge is 0.320 e. The number of methoxy groups -OCH3 is 2. The van der Waals surface area contributed by atoms with E-state index in [9.17, 15) is 24.3 Å². The minimum absolute atomic E-state index is 0.110. The van der Waals surface area contributed by atoms with Crippen molar-refractivity contribution in [2.75, 3.05) is 53.6 Å². The molecule has 0 aromatic heterocycles. The fraction of sp³-hybridized carbons (Fsp3) is 0.733. The van der Waals surface area contributed by atoms with Crippen LogP contribution in [-0.2, 0) is 28.7 Å². The number of aliphatic carboxylic acids is 1. The zero-order valence-corrected chi connectivity index (χ0v) is 15.2. The molecule has 0 aliphatic carbocycles. The van der Waals surface area contributed by atoms with E-state index in [1.165, 1.54) is 19.1 Å². The van der Waals surface area contributed by atoms with Crippen LogP contribution in [0.2, 0.25) is 0 Å². The van der Waals surface area contributed by atoms with Gasteiger partial charge in [-0.1, -0.05) is 0 Å². The van der Waals surface area contributed by atoms with E-state index < -0.39 is 29.7 Å². The average Bonchev–Trinajstić information content (AvgIpc) is 2.54. The number of carboxylic acids is 1. The molecule has 0 saturated heterocycles. The van der Waals surface area contributed by atoms with Crippen molar-refractivity contribution in [3.05, 3.63) is 0 Å². The Hall–Kier alpha value is -2.24. The Balaban J connectivity index is 4.96. The van der Waals surface area contributed by atoms with Crippen molar-refractivity contribution < 1.29 is 33.8 Å². The first-order valence-corrected chi connectivity index (χ1v) is 8.08. The SMILES string of the molecule is COCCNC(=O)CN(CC(=O)NCCOC)[C@@H](CCC(N)=O)C(=O)O. The van der Waals surface area contributed by atoms with E-state index >= 15 is 0 Å². The first-order valence-electron chi connectivity index (χ1n) is 8.08. The van der Waals surface area contributed by atoms with Gasteiger partial charge in [-0.15, -0.1) is 0 Å². The minimum Gasteiger partial charge on any atom is -0.480 e. The molecule has 0 fully saturated rings. The summed E-state index contributed by atoms with van der Waals surface area (Å²) >= 11 is 0. The monoisotopic (exact) mass is 376 g/mol. The van der Waals surface area contributed by atoms with Crippen molar-refractivity contribution in [3.8, 4) is 0 Å². The second kappa shape index (κ2) is 14.0. The van der Waals surface area contributed by atoms with Gasteiger partial charge in [0.1, 0.15) is 6.04 Å². The Kier molecular flexibility index (Phi) is 12.8. The largest absolute Gasteiger partial charge is 0.480 e. The number of amides is 3. The molecule has 0 aromatic carbocycles. The number of ether oxygens (including phenoxy) is 2. The maximum atomic E-state index is 12.0. The summed E-state index contributed by atoms with van der Waals surface area (Å²) < 4.78 is 9.64. The summed E-state index contributed by atoms with van der Waals surface area (Å²) in [6, 6.07) is -1.20. The summed E-state index contributed by atoms with van der Waals surface area (Å²) in [5.41, 5.74) is 5.07. The van der Waals surface area contributed by atoms with E-state index in [1.54, 1.807) is 0 Å². The molecule has 11 nitrogen and oxygen atoms in total. The molecule has 26 heavy (non-hydrogen) atoms. The van der Waals surface area contributed by atoms with E-state index in [-0.39, 0.29) is 39.0 Å². The highest BCUT2D eigenvalue weighted by molar-refractivity contribution is 5.83. The van der Waals surface area contributed by atoms with Crippen LogP contribution in [0.15, 0.2) is 0 Å². The Morgan fingerprint density at radius 3 is 1.81 bits per heavy atom. The standard InChI is InChI=1S/C15H28N4O7/c1-25-7-5-17-13(21)9-19(10-14(22)18-6-8-26-2)11(15(23)24)3-4-12(16)20/h11H,3-10H2,1-2H3,(H2,16,20)(H,17,21)(H,18,22)(H,23,24)/t11-/m0/s1. The number of carbonyl (C=O) groups is 4. The molecule has 0 saturated carbocycles. The van der Waals surface area contributed by atoms with E-state index in [0.29, 0.717) is 13.2 Å². The molecule has 0 aliphatic heterocycles. The Bertz CT molecular complexity index is 449. The summed E-state index contributed by atoms with van der Waals surface area (Å²) in [6.07, 6.45) is -0.286. The third-order valence-corrected chi connectivity index (χ3v) is 3.34. The molecule has 0 bridgehead atoms. The van der Waals surface area contributed by atoms with E-state index in [4.69, 9.17) is 15.2 Å². The van der Waals surface area contributed by atoms with Crippen LogP contribution in [-0.4, -0.2) is 93.4 Å². The van der Waals surface area contributed by atoms with Crippen molar-refractivity contribution >= 4 is 23.7 Å². The summed E-state index contributed by atoms with van der Waals surface area (Å²) in [4.78, 5) is 47.7. The number of hydrogen-bond acceptors (Lipinski definition) is 7. The normalized spacial score (nSPS) is 11.8. The molecule has 0 aliphatic rings. The Morgan fingerprint density at radius 1 is 1.00 bits per heavy atom. The number of nitrogens with two attached hydrogens (primary N) is 1. The maximum Gasteiger partial charge on any atom is 0.320 e. The van der Waals surface area contributed by atoms with Gasteiger partial charge in [-0.05, 0) is 6.42 Å². The molecular weight excluding hydrogens is 348 g/mol. The van der Waals surface area contributed by atoms with Crippen LogP contribution < -0.4 is 16.4 Å². The molecule has 0 unspecified atom stereocenters. The van der Waals surface area contributed by atoms with Gasteiger partial charge in [0, 0.05) is 33.7 Å². The molecule has 150 valence electrons. The van der Waals surface area contributed by atoms with E-state index in [0.717, 1.165) is 0 Å². The molecular formula is C15H28N4O7. The third kappa shape index (κ3) is 11.3. The molecule has 0 radical (unpaired) electrons. The lowest BCUT2D eigenvalue weighted by atomic mass is 10.1. The second-order valence-corrected chi connectivity index (χ2v) is 5.45. The zero-order valence-electron chi connectivity index (χ0n) is 15.2. The van der Waals surface area contributed by atoms with Gasteiger partial charge in [0.25, 0.3) is 0 Å². The van der Waals surface area contributed by atoms with Crippen LogP contribution in [0, 0.1) is 0 Å². The molecule has 5 N–H and O–H groups in total. The molecule has 0 heterocycles. The summed E-state index contributed by atoms with van der Waals surface area (Å²) in [6.45, 7) is 0.458. The topological polar surface area (TPSA) is 160 Å². The van der Waals surface area contributed by atoms with Crippen molar-refractivity contribution in [2.45, 2.75) is 18.9 Å². The van der Waals surface area contributed by atoms with Crippen molar-refractivity contribution in [1.29, 1.82) is 0 Å². The summed E-state index contributed by atoms with van der Waals surface area (Å²) in [5, 5.41) is 14.5. The van der Waals surface area contributed by atoms with Gasteiger partial charge in [-0.2, -0.15) is 0 Å². The number of nitrogens with one attached hydrogen (secondary N) is 2. The van der Waals surface area contributed by atoms with Crippen LogP contribution in [0.4, 0.5) is 0 Å². The Labute approximate surface area is 152 Å². The van der Waals surface area contributed by atoms with Gasteiger partial charge in [0.05, 0.1) is 26.3 Å². The fourth-order valence-corrected chi connectivity index (χ4v) is 2.08. The minimum atomic E-state index is -1.25. The lowest BCUT2D eigenvalue weighted by molar-refractivity contribution is -0.145. The van der Waals surface area contributed by atoms with Crippen molar-refractivity contribution in [1.82, 2.24) is 15.5 Å². The van der Waals surface area contributed by atoms with Gasteiger partial charge in [0.15, 0.2) is 0 Å². The number of hydrogen-bond donors (Lipinski definition) is 4. The van der Waals surface area contributed by atoms with Gasteiger partial charge >= 0.3 is 5.97 Å². The van der Waals surface area contributed by atoms with Gasteiger partial charge in [0.2, 0.25) is 17.7 Å². The average molecular weight is 376 g/mol. The highest BCUT2D eigenvalue weighted by Crippen LogP contribution is 2.08. The molecule has 0 aromatic rings. The predicted octanol–water partition coefficient (Wildman–Crippen LogP) is -2.47. The van der Waals surface area contributed by atoms with E-state index in [1.807, 2.05) is 0 Å². The molecule has 1 atom stereocenters. The number of nitrogens with zero attached hydrogens (tertiary/aromatic N) is 1. The number of primary amides is 1. The zero-order chi connectivity index (χ0) is 19.9. The predicted molar refractivity (Wildman–Crippen MR) is 91.2 cm³/mol. The lowest BCUT2D eigenvalue weighted by Crippen LogP contribution is -2.51. The maximum absolute atomic E-state index is 12.0. The molecule has 0 spiro atoms. The lowest BCUT2D eigenvalue weighted by Gasteiger charge is -2.27. The second-order valence-electron chi connectivity index (χ2n) is 5.45. The first-order chi connectivity index (χ1) is 12.3. The Morgan fingerprint density at radius 2 is 1.46 bits per heavy atom. The quantitative estimate of drug-likeness (QED) is 0.229. The highest BCUT2D eigenvalue weighted by atomic mass is 16.5. The highest BCUT2D eigenvalue weighted by Gasteiger charge is 2.29. The number of carboxylic acid groups (broad SMARTS) is 1. The van der Waals surface area contributed by atoms with Crippen molar-refractivity contribution in [2.24, 2.45) is 5.73 Å². The molecule has 0 rings (SSSR count). The van der Waals surface area contributed by atoms with E-state index in [2.05, 4.69) is 10.6 Å². The third-order valence-electron chi connectivity index (χ3n) is 3.34. The van der Waals surface area contributed by atoms with Crippen LogP contribution in [0.3, 0.4) is 0 Å². The van der Waals surface area contributed by atoms with Crippen LogP contribution in [0.25, 0.3) is 0 Å². The van der Waals surface area contributed by atoms with Crippen LogP contribution in [0.5, 0.6) is 0 Å². The molecule has 11 heteroatoms.